The number of benzene rings is 1. The summed E-state index contributed by atoms with van der Waals surface area (Å²) in [5.74, 6) is 0.374. The van der Waals surface area contributed by atoms with Crippen LogP contribution < -0.4 is 5.32 Å². The molecular weight excluding hydrogens is 202 g/mol. The highest BCUT2D eigenvalue weighted by molar-refractivity contribution is 6.03. The fraction of sp³-hybridized carbons (Fsp3) is 0.0833. The highest BCUT2D eigenvalue weighted by Crippen LogP contribution is 2.23. The topological polar surface area (TPSA) is 54.4 Å². The maximum Gasteiger partial charge on any atom is 0.255 e. The highest BCUT2D eigenvalue weighted by atomic mass is 16.1. The predicted molar refractivity (Wildman–Crippen MR) is 62.2 cm³/mol. The van der Waals surface area contributed by atoms with Crippen molar-refractivity contribution in [1.82, 2.24) is 10.3 Å². The molecule has 0 saturated carbocycles. The molecule has 2 aromatic rings. The van der Waals surface area contributed by atoms with Crippen LogP contribution in [0.4, 0.5) is 5.82 Å². The number of hydrogen-bond donors (Lipinski definition) is 1. The second kappa shape index (κ2) is 3.41. The van der Waals surface area contributed by atoms with Gasteiger partial charge in [-0.05, 0) is 12.1 Å². The van der Waals surface area contributed by atoms with E-state index in [1.807, 2.05) is 30.3 Å². The number of carbonyl (C=O) groups is 1. The molecule has 0 unspecified atom stereocenters. The Bertz CT molecular complexity index is 604. The van der Waals surface area contributed by atoms with Gasteiger partial charge in [0.15, 0.2) is 5.82 Å². The largest absolute Gasteiger partial charge is 0.347 e. The van der Waals surface area contributed by atoms with Crippen LogP contribution in [0.2, 0.25) is 0 Å². The molecule has 0 radical (unpaired) electrons. The number of aromatic nitrogens is 1. The van der Waals surface area contributed by atoms with Crippen molar-refractivity contribution in [3.05, 3.63) is 35.9 Å². The molecule has 1 aliphatic heterocycles. The Morgan fingerprint density at radius 2 is 2.12 bits per heavy atom. The maximum absolute atomic E-state index is 11.7. The van der Waals surface area contributed by atoms with Crippen LogP contribution in [0.25, 0.3) is 10.9 Å². The first-order valence-corrected chi connectivity index (χ1v) is 5.05. The van der Waals surface area contributed by atoms with E-state index in [1.54, 1.807) is 6.21 Å². The molecule has 4 heteroatoms. The lowest BCUT2D eigenvalue weighted by molar-refractivity contribution is 0.0961. The number of aliphatic imine (C=N–C) groups is 1. The van der Waals surface area contributed by atoms with Crippen molar-refractivity contribution in [2.24, 2.45) is 4.99 Å². The summed E-state index contributed by atoms with van der Waals surface area (Å²) in [6, 6.07) is 9.52. The third kappa shape index (κ3) is 1.35. The first-order chi connectivity index (χ1) is 7.84. The molecule has 3 rings (SSSR count). The summed E-state index contributed by atoms with van der Waals surface area (Å²) in [7, 11) is 0. The zero-order valence-electron chi connectivity index (χ0n) is 8.47. The molecule has 2 heterocycles. The van der Waals surface area contributed by atoms with Crippen LogP contribution in [-0.2, 0) is 0 Å². The van der Waals surface area contributed by atoms with Crippen LogP contribution in [0.15, 0.2) is 35.3 Å². The van der Waals surface area contributed by atoms with E-state index in [1.165, 1.54) is 0 Å². The summed E-state index contributed by atoms with van der Waals surface area (Å²) < 4.78 is 0. The van der Waals surface area contributed by atoms with Gasteiger partial charge < -0.3 is 5.32 Å². The molecule has 0 spiro atoms. The molecule has 0 atom stereocenters. The minimum Gasteiger partial charge on any atom is -0.347 e. The molecule has 78 valence electrons. The lowest BCUT2D eigenvalue weighted by Gasteiger charge is -2.04. The molecule has 4 nitrogen and oxygen atoms in total. The van der Waals surface area contributed by atoms with Gasteiger partial charge in [0, 0.05) is 11.6 Å². The standard InChI is InChI=1S/C12H9N3O/c16-12-9-7-8-3-1-2-4-10(8)15-11(9)13-5-6-14-12/h1-5,7H,6H2,(H,14,16). The molecule has 0 fully saturated rings. The number of pyridine rings is 1. The third-order valence-corrected chi connectivity index (χ3v) is 2.52. The van der Waals surface area contributed by atoms with Crippen molar-refractivity contribution in [1.29, 1.82) is 0 Å². The van der Waals surface area contributed by atoms with E-state index in [2.05, 4.69) is 15.3 Å². The van der Waals surface area contributed by atoms with Crippen LogP contribution in [0.5, 0.6) is 0 Å². The van der Waals surface area contributed by atoms with Gasteiger partial charge in [0.1, 0.15) is 0 Å². The highest BCUT2D eigenvalue weighted by Gasteiger charge is 2.14. The van der Waals surface area contributed by atoms with E-state index in [-0.39, 0.29) is 5.91 Å². The van der Waals surface area contributed by atoms with Crippen molar-refractivity contribution in [3.63, 3.8) is 0 Å². The summed E-state index contributed by atoms with van der Waals surface area (Å²) in [6.07, 6.45) is 1.66. The van der Waals surface area contributed by atoms with Crippen molar-refractivity contribution in [2.45, 2.75) is 0 Å². The van der Waals surface area contributed by atoms with Gasteiger partial charge >= 0.3 is 0 Å². The molecule has 0 aliphatic carbocycles. The van der Waals surface area contributed by atoms with Crippen LogP contribution in [0, 0.1) is 0 Å². The lowest BCUT2D eigenvalue weighted by Crippen LogP contribution is -2.23. The summed E-state index contributed by atoms with van der Waals surface area (Å²) in [4.78, 5) is 20.3. The number of para-hydroxylation sites is 1. The molecule has 1 aliphatic rings. The average Bonchev–Trinajstić information content (AvgIpc) is 2.49. The molecular formula is C12H9N3O. The molecule has 0 bridgehead atoms. The molecule has 1 aromatic carbocycles. The normalized spacial score (nSPS) is 14.4. The van der Waals surface area contributed by atoms with Gasteiger partial charge in [-0.1, -0.05) is 18.2 Å². The fourth-order valence-electron chi connectivity index (χ4n) is 1.74. The van der Waals surface area contributed by atoms with Crippen molar-refractivity contribution in [2.75, 3.05) is 6.54 Å². The Morgan fingerprint density at radius 1 is 1.25 bits per heavy atom. The van der Waals surface area contributed by atoms with Crippen LogP contribution in [0.3, 0.4) is 0 Å². The van der Waals surface area contributed by atoms with E-state index in [9.17, 15) is 4.79 Å². The Morgan fingerprint density at radius 3 is 3.06 bits per heavy atom. The quantitative estimate of drug-likeness (QED) is 0.720. The van der Waals surface area contributed by atoms with E-state index in [0.29, 0.717) is 17.9 Å². The van der Waals surface area contributed by atoms with Crippen molar-refractivity contribution < 1.29 is 4.79 Å². The molecule has 1 amide bonds. The Hall–Kier alpha value is -2.23. The molecule has 0 saturated heterocycles. The van der Waals surface area contributed by atoms with E-state index in [4.69, 9.17) is 0 Å². The third-order valence-electron chi connectivity index (χ3n) is 2.52. The Balaban J connectivity index is 2.33. The number of carbonyl (C=O) groups excluding carboxylic acids is 1. The number of rotatable bonds is 0. The van der Waals surface area contributed by atoms with Crippen LogP contribution in [0.1, 0.15) is 10.4 Å². The number of nitrogens with one attached hydrogen (secondary N) is 1. The predicted octanol–water partition coefficient (Wildman–Crippen LogP) is 1.68. The van der Waals surface area contributed by atoms with Gasteiger partial charge in [-0.2, -0.15) is 0 Å². The van der Waals surface area contributed by atoms with Gasteiger partial charge in [0.25, 0.3) is 5.91 Å². The number of fused-ring (bicyclic) bond motifs is 2. The van der Waals surface area contributed by atoms with Gasteiger partial charge in [0.2, 0.25) is 0 Å². The van der Waals surface area contributed by atoms with E-state index >= 15 is 0 Å². The lowest BCUT2D eigenvalue weighted by atomic mass is 10.1. The first-order valence-electron chi connectivity index (χ1n) is 5.05. The minimum absolute atomic E-state index is 0.120. The summed E-state index contributed by atoms with van der Waals surface area (Å²) in [6.45, 7) is 0.450. The second-order valence-electron chi connectivity index (χ2n) is 3.57. The number of amides is 1. The van der Waals surface area contributed by atoms with Gasteiger partial charge in [0.05, 0.1) is 17.6 Å². The molecule has 1 N–H and O–H groups in total. The Labute approximate surface area is 92.0 Å². The number of hydrogen-bond acceptors (Lipinski definition) is 3. The van der Waals surface area contributed by atoms with E-state index in [0.717, 1.165) is 10.9 Å². The fourth-order valence-corrected chi connectivity index (χ4v) is 1.74. The first kappa shape index (κ1) is 9.03. The van der Waals surface area contributed by atoms with Crippen molar-refractivity contribution in [3.8, 4) is 0 Å². The monoisotopic (exact) mass is 211 g/mol. The summed E-state index contributed by atoms with van der Waals surface area (Å²) in [5.41, 5.74) is 1.39. The molecule has 16 heavy (non-hydrogen) atoms. The summed E-state index contributed by atoms with van der Waals surface area (Å²) in [5, 5.41) is 3.69. The average molecular weight is 211 g/mol. The van der Waals surface area contributed by atoms with E-state index < -0.39 is 0 Å². The summed E-state index contributed by atoms with van der Waals surface area (Å²) >= 11 is 0. The van der Waals surface area contributed by atoms with Crippen LogP contribution >= 0.6 is 0 Å². The zero-order valence-corrected chi connectivity index (χ0v) is 8.47. The van der Waals surface area contributed by atoms with Crippen molar-refractivity contribution >= 4 is 28.8 Å². The van der Waals surface area contributed by atoms with Gasteiger partial charge in [-0.15, -0.1) is 0 Å². The Kier molecular flexibility index (Phi) is 1.93. The number of nitrogens with zero attached hydrogens (tertiary/aromatic N) is 2. The van der Waals surface area contributed by atoms with Gasteiger partial charge in [-0.25, -0.2) is 9.98 Å². The minimum atomic E-state index is -0.120. The SMILES string of the molecule is O=C1NCC=Nc2nc3ccccc3cc21. The molecule has 1 aromatic heterocycles. The zero-order chi connectivity index (χ0) is 11.0. The van der Waals surface area contributed by atoms with Gasteiger partial charge in [-0.3, -0.25) is 4.79 Å². The maximum atomic E-state index is 11.7. The smallest absolute Gasteiger partial charge is 0.255 e. The second-order valence-corrected chi connectivity index (χ2v) is 3.57. The van der Waals surface area contributed by atoms with Crippen LogP contribution in [-0.4, -0.2) is 23.7 Å².